The maximum atomic E-state index is 8.90. The molecule has 136 valence electrons. The molecule has 4 nitrogen and oxygen atoms in total. The molecule has 0 bridgehead atoms. The molecule has 0 aliphatic rings. The minimum Gasteiger partial charge on any atom is -0.395 e. The fraction of sp³-hybridized carbons (Fsp3) is 0.174. The van der Waals surface area contributed by atoms with Gasteiger partial charge in [0.2, 0.25) is 0 Å². The summed E-state index contributed by atoms with van der Waals surface area (Å²) in [7, 11) is 0. The van der Waals surface area contributed by atoms with Crippen LogP contribution in [0.25, 0.3) is 28.0 Å². The predicted molar refractivity (Wildman–Crippen MR) is 110 cm³/mol. The molecule has 0 fully saturated rings. The molecule has 0 radical (unpaired) electrons. The highest BCUT2D eigenvalue weighted by Crippen LogP contribution is 2.31. The van der Waals surface area contributed by atoms with Crippen molar-refractivity contribution in [3.63, 3.8) is 0 Å². The fourth-order valence-corrected chi connectivity index (χ4v) is 3.43. The van der Waals surface area contributed by atoms with Crippen LogP contribution in [0.15, 0.2) is 73.1 Å². The van der Waals surface area contributed by atoms with Crippen LogP contribution in [0, 0.1) is 6.92 Å². The summed E-state index contributed by atoms with van der Waals surface area (Å²) in [6, 6.07) is 21.0. The lowest BCUT2D eigenvalue weighted by Crippen LogP contribution is -2.17. The highest BCUT2D eigenvalue weighted by atomic mass is 16.3. The number of imidazole rings is 1. The molecule has 0 atom stereocenters. The van der Waals surface area contributed by atoms with E-state index in [0.717, 1.165) is 29.0 Å². The lowest BCUT2D eigenvalue weighted by molar-refractivity contribution is 0.292. The van der Waals surface area contributed by atoms with E-state index in [4.69, 9.17) is 10.1 Å². The number of fused-ring (bicyclic) bond motifs is 1. The lowest BCUT2D eigenvalue weighted by atomic mass is 9.95. The molecule has 0 saturated heterocycles. The van der Waals surface area contributed by atoms with Gasteiger partial charge in [0.25, 0.3) is 0 Å². The van der Waals surface area contributed by atoms with E-state index in [1.807, 2.05) is 12.1 Å². The van der Waals surface area contributed by atoms with Crippen LogP contribution in [0.3, 0.4) is 0 Å². The number of rotatable bonds is 6. The molecule has 4 heteroatoms. The van der Waals surface area contributed by atoms with Crippen LogP contribution in [-0.4, -0.2) is 27.6 Å². The van der Waals surface area contributed by atoms with Gasteiger partial charge in [0, 0.05) is 31.0 Å². The summed E-state index contributed by atoms with van der Waals surface area (Å²) in [5.41, 5.74) is 7.91. The zero-order valence-corrected chi connectivity index (χ0v) is 15.4. The van der Waals surface area contributed by atoms with Gasteiger partial charge >= 0.3 is 0 Å². The average molecular weight is 357 g/mol. The van der Waals surface area contributed by atoms with E-state index in [0.29, 0.717) is 6.54 Å². The maximum Gasteiger partial charge on any atom is 0.137 e. The third-order valence-electron chi connectivity index (χ3n) is 4.82. The third-order valence-corrected chi connectivity index (χ3v) is 4.82. The van der Waals surface area contributed by atoms with Crippen LogP contribution in [0.1, 0.15) is 11.1 Å². The molecule has 0 unspecified atom stereocenters. The zero-order valence-electron chi connectivity index (χ0n) is 15.4. The van der Waals surface area contributed by atoms with Gasteiger partial charge < -0.3 is 14.8 Å². The summed E-state index contributed by atoms with van der Waals surface area (Å²) in [6.45, 7) is 3.63. The summed E-state index contributed by atoms with van der Waals surface area (Å²) in [6.07, 6.45) is 4.18. The van der Waals surface area contributed by atoms with Gasteiger partial charge in [-0.05, 0) is 35.2 Å². The van der Waals surface area contributed by atoms with Gasteiger partial charge in [0.1, 0.15) is 5.65 Å². The molecule has 2 heterocycles. The van der Waals surface area contributed by atoms with E-state index in [9.17, 15) is 0 Å². The Labute approximate surface area is 159 Å². The largest absolute Gasteiger partial charge is 0.395 e. The Morgan fingerprint density at radius 3 is 2.56 bits per heavy atom. The van der Waals surface area contributed by atoms with Crippen molar-refractivity contribution in [1.29, 1.82) is 0 Å². The van der Waals surface area contributed by atoms with Crippen LogP contribution >= 0.6 is 0 Å². The van der Waals surface area contributed by atoms with Crippen LogP contribution in [0.2, 0.25) is 0 Å². The molecule has 0 spiro atoms. The summed E-state index contributed by atoms with van der Waals surface area (Å²) < 4.78 is 2.07. The molecule has 27 heavy (non-hydrogen) atoms. The van der Waals surface area contributed by atoms with Gasteiger partial charge in [-0.1, -0.05) is 54.6 Å². The SMILES string of the molecule is Cc1c(-c2ccccc2)cccc1-c1cn2cc(CNCCO)ccc2n1. The molecule has 4 aromatic rings. The van der Waals surface area contributed by atoms with Gasteiger partial charge in [0.15, 0.2) is 0 Å². The number of aliphatic hydroxyl groups excluding tert-OH is 1. The van der Waals surface area contributed by atoms with E-state index in [1.165, 1.54) is 16.7 Å². The summed E-state index contributed by atoms with van der Waals surface area (Å²) >= 11 is 0. The quantitative estimate of drug-likeness (QED) is 0.512. The number of aromatic nitrogens is 2. The van der Waals surface area contributed by atoms with Crippen molar-refractivity contribution < 1.29 is 5.11 Å². The molecule has 0 aliphatic heterocycles. The first-order chi connectivity index (χ1) is 13.3. The van der Waals surface area contributed by atoms with Crippen molar-refractivity contribution in [1.82, 2.24) is 14.7 Å². The second kappa shape index (κ2) is 7.74. The molecule has 2 aromatic heterocycles. The third kappa shape index (κ3) is 3.63. The maximum absolute atomic E-state index is 8.90. The normalized spacial score (nSPS) is 11.2. The number of aliphatic hydroxyl groups is 1. The van der Waals surface area contributed by atoms with Crippen molar-refractivity contribution in [3.05, 3.63) is 84.2 Å². The minimum absolute atomic E-state index is 0.147. The van der Waals surface area contributed by atoms with Crippen molar-refractivity contribution in [2.75, 3.05) is 13.2 Å². The number of benzene rings is 2. The van der Waals surface area contributed by atoms with Gasteiger partial charge in [-0.25, -0.2) is 4.98 Å². The van der Waals surface area contributed by atoms with Crippen molar-refractivity contribution in [3.8, 4) is 22.4 Å². The monoisotopic (exact) mass is 357 g/mol. The second-order valence-corrected chi connectivity index (χ2v) is 6.67. The number of nitrogens with zero attached hydrogens (tertiary/aromatic N) is 2. The number of nitrogens with one attached hydrogen (secondary N) is 1. The molecule has 4 rings (SSSR count). The number of hydrogen-bond donors (Lipinski definition) is 2. The standard InChI is InChI=1S/C23H23N3O/c1-17-20(19-6-3-2-4-7-19)8-5-9-21(17)22-16-26-15-18(14-24-12-13-27)10-11-23(26)25-22/h2-11,15-16,24,27H,12-14H2,1H3. The van der Waals surface area contributed by atoms with Crippen molar-refractivity contribution in [2.45, 2.75) is 13.5 Å². The van der Waals surface area contributed by atoms with Crippen LogP contribution in [-0.2, 0) is 6.54 Å². The molecule has 0 saturated carbocycles. The smallest absolute Gasteiger partial charge is 0.137 e. The molecule has 2 N–H and O–H groups in total. The second-order valence-electron chi connectivity index (χ2n) is 6.67. The first kappa shape index (κ1) is 17.5. The van der Waals surface area contributed by atoms with Crippen LogP contribution in [0.5, 0.6) is 0 Å². The van der Waals surface area contributed by atoms with Gasteiger partial charge in [-0.15, -0.1) is 0 Å². The summed E-state index contributed by atoms with van der Waals surface area (Å²) in [5, 5.41) is 12.1. The number of hydrogen-bond acceptors (Lipinski definition) is 3. The molecular formula is C23H23N3O. The van der Waals surface area contributed by atoms with E-state index in [2.05, 4.69) is 77.6 Å². The van der Waals surface area contributed by atoms with Gasteiger partial charge in [-0.3, -0.25) is 0 Å². The molecule has 0 amide bonds. The van der Waals surface area contributed by atoms with Crippen LogP contribution < -0.4 is 5.32 Å². The number of pyridine rings is 1. The minimum atomic E-state index is 0.147. The van der Waals surface area contributed by atoms with Crippen molar-refractivity contribution >= 4 is 5.65 Å². The lowest BCUT2D eigenvalue weighted by Gasteiger charge is -2.10. The molecular weight excluding hydrogens is 334 g/mol. The summed E-state index contributed by atoms with van der Waals surface area (Å²) in [5.74, 6) is 0. The average Bonchev–Trinajstić information content (AvgIpc) is 3.12. The van der Waals surface area contributed by atoms with Gasteiger partial charge in [-0.2, -0.15) is 0 Å². The molecule has 2 aromatic carbocycles. The Hall–Kier alpha value is -2.95. The van der Waals surface area contributed by atoms with E-state index < -0.39 is 0 Å². The highest BCUT2D eigenvalue weighted by Gasteiger charge is 2.11. The Bertz CT molecular complexity index is 1050. The fourth-order valence-electron chi connectivity index (χ4n) is 3.43. The van der Waals surface area contributed by atoms with Crippen molar-refractivity contribution in [2.24, 2.45) is 0 Å². The highest BCUT2D eigenvalue weighted by molar-refractivity contribution is 5.77. The predicted octanol–water partition coefficient (Wildman–Crippen LogP) is 4.06. The Morgan fingerprint density at radius 2 is 1.74 bits per heavy atom. The first-order valence-corrected chi connectivity index (χ1v) is 9.21. The Balaban J connectivity index is 1.70. The summed E-state index contributed by atoms with van der Waals surface area (Å²) in [4.78, 5) is 4.82. The Morgan fingerprint density at radius 1 is 0.926 bits per heavy atom. The van der Waals surface area contributed by atoms with E-state index in [1.54, 1.807) is 0 Å². The van der Waals surface area contributed by atoms with Gasteiger partial charge in [0.05, 0.1) is 12.3 Å². The van der Waals surface area contributed by atoms with E-state index >= 15 is 0 Å². The Kier molecular flexibility index (Phi) is 5.01. The topological polar surface area (TPSA) is 49.6 Å². The van der Waals surface area contributed by atoms with E-state index in [-0.39, 0.29) is 6.61 Å². The zero-order chi connectivity index (χ0) is 18.6. The van der Waals surface area contributed by atoms with Crippen LogP contribution in [0.4, 0.5) is 0 Å². The molecule has 0 aliphatic carbocycles. The first-order valence-electron chi connectivity index (χ1n) is 9.21.